The summed E-state index contributed by atoms with van der Waals surface area (Å²) in [7, 11) is 5.81. The zero-order chi connectivity index (χ0) is 11.5. The van der Waals surface area contributed by atoms with Gasteiger partial charge >= 0.3 is 0 Å². The van der Waals surface area contributed by atoms with Gasteiger partial charge in [-0.25, -0.2) is 4.98 Å². The standard InChI is InChI=1S/C12H17N3O/c1-14(2)8-7-11-13-9-10-5-4-6-12(16-3)15(10)11/h4-6,9H,7-8H2,1-3H3. The molecule has 86 valence electrons. The predicted octanol–water partition coefficient (Wildman–Crippen LogP) is 1.45. The van der Waals surface area contributed by atoms with E-state index in [0.717, 1.165) is 30.2 Å². The van der Waals surface area contributed by atoms with Crippen LogP contribution in [0.25, 0.3) is 5.52 Å². The number of rotatable bonds is 4. The molecule has 0 fully saturated rings. The SMILES string of the molecule is COc1cccc2cnc(CCN(C)C)n12. The van der Waals surface area contributed by atoms with Crippen molar-refractivity contribution in [3.05, 3.63) is 30.2 Å². The molecule has 0 aromatic carbocycles. The molecule has 0 saturated heterocycles. The van der Waals surface area contributed by atoms with Gasteiger partial charge in [-0.3, -0.25) is 4.40 Å². The maximum atomic E-state index is 5.34. The Kier molecular flexibility index (Phi) is 3.10. The molecule has 2 rings (SSSR count). The average Bonchev–Trinajstić information content (AvgIpc) is 2.69. The van der Waals surface area contributed by atoms with Crippen molar-refractivity contribution in [2.75, 3.05) is 27.7 Å². The summed E-state index contributed by atoms with van der Waals surface area (Å²) in [6.45, 7) is 0.983. The van der Waals surface area contributed by atoms with Crippen molar-refractivity contribution in [3.63, 3.8) is 0 Å². The second-order valence-electron chi connectivity index (χ2n) is 4.06. The van der Waals surface area contributed by atoms with Gasteiger partial charge in [-0.15, -0.1) is 0 Å². The lowest BCUT2D eigenvalue weighted by Gasteiger charge is -2.10. The van der Waals surface area contributed by atoms with Crippen LogP contribution in [0.3, 0.4) is 0 Å². The van der Waals surface area contributed by atoms with Gasteiger partial charge in [0.25, 0.3) is 0 Å². The van der Waals surface area contributed by atoms with Crippen LogP contribution in [0.15, 0.2) is 24.4 Å². The fourth-order valence-electron chi connectivity index (χ4n) is 1.74. The number of aromatic nitrogens is 2. The summed E-state index contributed by atoms with van der Waals surface area (Å²) in [5, 5.41) is 0. The zero-order valence-corrected chi connectivity index (χ0v) is 9.97. The van der Waals surface area contributed by atoms with Gasteiger partial charge in [0.15, 0.2) is 5.88 Å². The summed E-state index contributed by atoms with van der Waals surface area (Å²) >= 11 is 0. The molecule has 0 aliphatic rings. The third-order valence-corrected chi connectivity index (χ3v) is 2.58. The highest BCUT2D eigenvalue weighted by Crippen LogP contribution is 2.17. The van der Waals surface area contributed by atoms with Crippen LogP contribution in [0.4, 0.5) is 0 Å². The first-order valence-electron chi connectivity index (χ1n) is 5.36. The Morgan fingerprint density at radius 2 is 2.19 bits per heavy atom. The average molecular weight is 219 g/mol. The Bertz CT molecular complexity index is 476. The second kappa shape index (κ2) is 4.53. The lowest BCUT2D eigenvalue weighted by molar-refractivity contribution is 0.383. The highest BCUT2D eigenvalue weighted by molar-refractivity contribution is 5.49. The van der Waals surface area contributed by atoms with Crippen molar-refractivity contribution in [3.8, 4) is 5.88 Å². The Morgan fingerprint density at radius 1 is 1.38 bits per heavy atom. The highest BCUT2D eigenvalue weighted by atomic mass is 16.5. The first-order chi connectivity index (χ1) is 7.72. The topological polar surface area (TPSA) is 29.8 Å². The number of hydrogen-bond donors (Lipinski definition) is 0. The fourth-order valence-corrected chi connectivity index (χ4v) is 1.74. The van der Waals surface area contributed by atoms with Crippen LogP contribution in [0.5, 0.6) is 5.88 Å². The number of nitrogens with zero attached hydrogens (tertiary/aromatic N) is 3. The van der Waals surface area contributed by atoms with Gasteiger partial charge in [0, 0.05) is 13.0 Å². The van der Waals surface area contributed by atoms with Crippen molar-refractivity contribution in [2.45, 2.75) is 6.42 Å². The van der Waals surface area contributed by atoms with Gasteiger partial charge in [-0.2, -0.15) is 0 Å². The van der Waals surface area contributed by atoms with E-state index in [1.54, 1.807) is 7.11 Å². The molecule has 0 bridgehead atoms. The molecule has 2 aromatic rings. The van der Waals surface area contributed by atoms with E-state index < -0.39 is 0 Å². The summed E-state index contributed by atoms with van der Waals surface area (Å²) in [5.41, 5.74) is 1.08. The number of fused-ring (bicyclic) bond motifs is 1. The van der Waals surface area contributed by atoms with Gasteiger partial charge in [-0.05, 0) is 26.2 Å². The van der Waals surface area contributed by atoms with E-state index in [0.29, 0.717) is 0 Å². The molecule has 2 heterocycles. The van der Waals surface area contributed by atoms with E-state index in [2.05, 4.69) is 28.4 Å². The summed E-state index contributed by atoms with van der Waals surface area (Å²) in [5.74, 6) is 1.88. The lowest BCUT2D eigenvalue weighted by Crippen LogP contribution is -2.16. The molecule has 0 aliphatic carbocycles. The minimum Gasteiger partial charge on any atom is -0.482 e. The maximum Gasteiger partial charge on any atom is 0.199 e. The minimum absolute atomic E-state index is 0.837. The van der Waals surface area contributed by atoms with E-state index in [1.807, 2.05) is 24.4 Å². The second-order valence-corrected chi connectivity index (χ2v) is 4.06. The molecular formula is C12H17N3O. The third-order valence-electron chi connectivity index (χ3n) is 2.58. The third kappa shape index (κ3) is 2.02. The normalized spacial score (nSPS) is 11.2. The van der Waals surface area contributed by atoms with Crippen LogP contribution in [-0.4, -0.2) is 42.0 Å². The van der Waals surface area contributed by atoms with E-state index in [9.17, 15) is 0 Å². The Morgan fingerprint density at radius 3 is 2.88 bits per heavy atom. The summed E-state index contributed by atoms with van der Waals surface area (Å²) in [4.78, 5) is 6.58. The summed E-state index contributed by atoms with van der Waals surface area (Å²) < 4.78 is 7.40. The van der Waals surface area contributed by atoms with Crippen LogP contribution in [-0.2, 0) is 6.42 Å². The van der Waals surface area contributed by atoms with Gasteiger partial charge < -0.3 is 9.64 Å². The first-order valence-corrected chi connectivity index (χ1v) is 5.36. The van der Waals surface area contributed by atoms with Crippen molar-refractivity contribution in [1.29, 1.82) is 0 Å². The van der Waals surface area contributed by atoms with Crippen LogP contribution in [0.1, 0.15) is 5.82 Å². The molecule has 4 nitrogen and oxygen atoms in total. The molecule has 16 heavy (non-hydrogen) atoms. The van der Waals surface area contributed by atoms with E-state index in [1.165, 1.54) is 0 Å². The molecule has 0 N–H and O–H groups in total. The molecule has 0 saturated carbocycles. The minimum atomic E-state index is 0.837. The Balaban J connectivity index is 2.38. The molecule has 0 radical (unpaired) electrons. The first kappa shape index (κ1) is 11.0. The highest BCUT2D eigenvalue weighted by Gasteiger charge is 2.07. The molecule has 0 amide bonds. The largest absolute Gasteiger partial charge is 0.482 e. The van der Waals surface area contributed by atoms with Gasteiger partial charge in [0.2, 0.25) is 0 Å². The number of likely N-dealkylation sites (N-methyl/N-ethyl adjacent to an activating group) is 1. The molecule has 0 aliphatic heterocycles. The van der Waals surface area contributed by atoms with E-state index in [-0.39, 0.29) is 0 Å². The van der Waals surface area contributed by atoms with E-state index >= 15 is 0 Å². The van der Waals surface area contributed by atoms with E-state index in [4.69, 9.17) is 4.74 Å². The molecule has 0 spiro atoms. The van der Waals surface area contributed by atoms with Crippen molar-refractivity contribution < 1.29 is 4.74 Å². The summed E-state index contributed by atoms with van der Waals surface area (Å²) in [6, 6.07) is 5.97. The zero-order valence-electron chi connectivity index (χ0n) is 9.97. The van der Waals surface area contributed by atoms with Crippen LogP contribution in [0, 0.1) is 0 Å². The fraction of sp³-hybridized carbons (Fsp3) is 0.417. The smallest absolute Gasteiger partial charge is 0.199 e. The number of pyridine rings is 1. The molecular weight excluding hydrogens is 202 g/mol. The van der Waals surface area contributed by atoms with Crippen LogP contribution in [0.2, 0.25) is 0 Å². The quantitative estimate of drug-likeness (QED) is 0.779. The van der Waals surface area contributed by atoms with Crippen molar-refractivity contribution in [2.24, 2.45) is 0 Å². The number of methoxy groups -OCH3 is 1. The van der Waals surface area contributed by atoms with Crippen molar-refractivity contribution in [1.82, 2.24) is 14.3 Å². The molecule has 0 unspecified atom stereocenters. The Labute approximate surface area is 95.5 Å². The molecule has 2 aromatic heterocycles. The van der Waals surface area contributed by atoms with Gasteiger partial charge in [-0.1, -0.05) is 6.07 Å². The van der Waals surface area contributed by atoms with Crippen molar-refractivity contribution >= 4 is 5.52 Å². The number of imidazole rings is 1. The van der Waals surface area contributed by atoms with Crippen LogP contribution >= 0.6 is 0 Å². The van der Waals surface area contributed by atoms with Crippen LogP contribution < -0.4 is 4.74 Å². The predicted molar refractivity (Wildman–Crippen MR) is 64.0 cm³/mol. The molecule has 0 atom stereocenters. The Hall–Kier alpha value is -1.55. The maximum absolute atomic E-state index is 5.34. The van der Waals surface area contributed by atoms with Gasteiger partial charge in [0.05, 0.1) is 18.8 Å². The lowest BCUT2D eigenvalue weighted by atomic mass is 10.3. The number of hydrogen-bond acceptors (Lipinski definition) is 3. The van der Waals surface area contributed by atoms with Gasteiger partial charge in [0.1, 0.15) is 5.82 Å². The molecule has 4 heteroatoms. The number of ether oxygens (including phenoxy) is 1. The summed E-state index contributed by atoms with van der Waals surface area (Å²) in [6.07, 6.45) is 2.80. The monoisotopic (exact) mass is 219 g/mol.